The molecule has 0 amide bonds. The van der Waals surface area contributed by atoms with Crippen LogP contribution in [0.4, 0.5) is 0 Å². The number of fused-ring (bicyclic) bond motifs is 1. The van der Waals surface area contributed by atoms with E-state index in [4.69, 9.17) is 9.47 Å². The zero-order valence-electron chi connectivity index (χ0n) is 13.6. The molecule has 21 heavy (non-hydrogen) atoms. The first-order valence-electron chi connectivity index (χ1n) is 9.05. The molecule has 1 aliphatic carbocycles. The van der Waals surface area contributed by atoms with Crippen molar-refractivity contribution >= 4 is 0 Å². The molecule has 1 N–H and O–H groups in total. The van der Waals surface area contributed by atoms with Crippen LogP contribution in [0.2, 0.25) is 0 Å². The Labute approximate surface area is 129 Å². The van der Waals surface area contributed by atoms with Crippen LogP contribution in [0, 0.1) is 5.92 Å². The Morgan fingerprint density at radius 2 is 2.05 bits per heavy atom. The molecule has 1 saturated carbocycles. The van der Waals surface area contributed by atoms with Crippen LogP contribution in [-0.2, 0) is 9.47 Å². The number of hydrogen-bond acceptors (Lipinski definition) is 4. The minimum atomic E-state index is 0.499. The average molecular weight is 296 g/mol. The molecule has 4 unspecified atom stereocenters. The van der Waals surface area contributed by atoms with Crippen LogP contribution in [0.1, 0.15) is 45.4 Å². The van der Waals surface area contributed by atoms with Gasteiger partial charge in [-0.15, -0.1) is 0 Å². The van der Waals surface area contributed by atoms with Crippen LogP contribution < -0.4 is 5.32 Å². The Morgan fingerprint density at radius 3 is 2.95 bits per heavy atom. The van der Waals surface area contributed by atoms with Crippen molar-refractivity contribution in [3.05, 3.63) is 0 Å². The summed E-state index contributed by atoms with van der Waals surface area (Å²) >= 11 is 0. The molecule has 0 aromatic rings. The fourth-order valence-electron chi connectivity index (χ4n) is 4.28. The molecule has 0 aromatic carbocycles. The fourth-order valence-corrected chi connectivity index (χ4v) is 4.28. The summed E-state index contributed by atoms with van der Waals surface area (Å²) in [7, 11) is 0. The highest BCUT2D eigenvalue weighted by molar-refractivity contribution is 4.90. The normalized spacial score (nSPS) is 38.1. The molecule has 0 aromatic heterocycles. The molecule has 4 atom stereocenters. The Hall–Kier alpha value is -0.160. The summed E-state index contributed by atoms with van der Waals surface area (Å²) in [5.41, 5.74) is 0. The maximum atomic E-state index is 6.00. The second-order valence-corrected chi connectivity index (χ2v) is 6.94. The van der Waals surface area contributed by atoms with Crippen molar-refractivity contribution in [3.8, 4) is 0 Å². The van der Waals surface area contributed by atoms with E-state index in [1.807, 2.05) is 0 Å². The molecule has 3 fully saturated rings. The monoisotopic (exact) mass is 296 g/mol. The van der Waals surface area contributed by atoms with Gasteiger partial charge in [0.25, 0.3) is 0 Å². The number of nitrogens with one attached hydrogen (secondary N) is 1. The van der Waals surface area contributed by atoms with E-state index in [-0.39, 0.29) is 0 Å². The van der Waals surface area contributed by atoms with E-state index in [0.717, 1.165) is 32.9 Å². The summed E-state index contributed by atoms with van der Waals surface area (Å²) in [6, 6.07) is 1.31. The lowest BCUT2D eigenvalue weighted by atomic mass is 9.88. The van der Waals surface area contributed by atoms with Crippen LogP contribution in [0.15, 0.2) is 0 Å². The molecule has 122 valence electrons. The Kier molecular flexibility index (Phi) is 5.92. The van der Waals surface area contributed by atoms with E-state index in [1.54, 1.807) is 0 Å². The van der Waals surface area contributed by atoms with Crippen LogP contribution >= 0.6 is 0 Å². The molecular formula is C17H32N2O2. The molecule has 0 bridgehead atoms. The molecule has 3 aliphatic rings. The number of rotatable bonds is 5. The van der Waals surface area contributed by atoms with Crippen molar-refractivity contribution in [2.24, 2.45) is 5.92 Å². The molecule has 2 saturated heterocycles. The van der Waals surface area contributed by atoms with E-state index in [9.17, 15) is 0 Å². The van der Waals surface area contributed by atoms with Gasteiger partial charge in [0.1, 0.15) is 0 Å². The summed E-state index contributed by atoms with van der Waals surface area (Å²) in [5, 5.41) is 3.75. The van der Waals surface area contributed by atoms with Crippen LogP contribution in [0.3, 0.4) is 0 Å². The molecule has 4 heteroatoms. The van der Waals surface area contributed by atoms with Gasteiger partial charge < -0.3 is 14.8 Å². The van der Waals surface area contributed by atoms with Gasteiger partial charge >= 0.3 is 0 Å². The van der Waals surface area contributed by atoms with Crippen molar-refractivity contribution in [1.29, 1.82) is 0 Å². The molecule has 4 nitrogen and oxygen atoms in total. The van der Waals surface area contributed by atoms with E-state index in [0.29, 0.717) is 24.1 Å². The lowest BCUT2D eigenvalue weighted by Crippen LogP contribution is -2.56. The third-order valence-corrected chi connectivity index (χ3v) is 5.45. The standard InChI is InChI=1S/C17H32N2O2/c1-2-8-18-15-7-10-20-13-14(15)12-19-9-11-21-17-6-4-3-5-16(17)19/h14-18H,2-13H2,1H3. The summed E-state index contributed by atoms with van der Waals surface area (Å²) in [5.74, 6) is 0.644. The van der Waals surface area contributed by atoms with Gasteiger partial charge in [0.15, 0.2) is 0 Å². The van der Waals surface area contributed by atoms with Gasteiger partial charge in [-0.3, -0.25) is 4.90 Å². The first kappa shape index (κ1) is 15.7. The van der Waals surface area contributed by atoms with Gasteiger partial charge in [-0.2, -0.15) is 0 Å². The summed E-state index contributed by atoms with van der Waals surface area (Å²) in [6.07, 6.45) is 8.20. The minimum Gasteiger partial charge on any atom is -0.381 e. The molecule has 0 spiro atoms. The fraction of sp³-hybridized carbons (Fsp3) is 1.00. The van der Waals surface area contributed by atoms with Crippen molar-refractivity contribution in [2.75, 3.05) is 39.5 Å². The number of hydrogen-bond donors (Lipinski definition) is 1. The molecule has 3 rings (SSSR count). The molecule has 2 aliphatic heterocycles. The smallest absolute Gasteiger partial charge is 0.0730 e. The lowest BCUT2D eigenvalue weighted by molar-refractivity contribution is -0.0998. The van der Waals surface area contributed by atoms with E-state index in [2.05, 4.69) is 17.1 Å². The lowest BCUT2D eigenvalue weighted by Gasteiger charge is -2.46. The SMILES string of the molecule is CCCNC1CCOCC1CN1CCOC2CCCCC21. The summed E-state index contributed by atoms with van der Waals surface area (Å²) in [4.78, 5) is 2.72. The predicted molar refractivity (Wildman–Crippen MR) is 84.6 cm³/mol. The summed E-state index contributed by atoms with van der Waals surface area (Å²) in [6.45, 7) is 8.45. The quantitative estimate of drug-likeness (QED) is 0.842. The highest BCUT2D eigenvalue weighted by Gasteiger charge is 2.36. The topological polar surface area (TPSA) is 33.7 Å². The molecular weight excluding hydrogens is 264 g/mol. The predicted octanol–water partition coefficient (Wildman–Crippen LogP) is 2.03. The average Bonchev–Trinajstić information content (AvgIpc) is 2.54. The van der Waals surface area contributed by atoms with Gasteiger partial charge in [0.2, 0.25) is 0 Å². The van der Waals surface area contributed by atoms with Crippen molar-refractivity contribution < 1.29 is 9.47 Å². The minimum absolute atomic E-state index is 0.499. The highest BCUT2D eigenvalue weighted by Crippen LogP contribution is 2.30. The van der Waals surface area contributed by atoms with Gasteiger partial charge in [-0.05, 0) is 32.2 Å². The van der Waals surface area contributed by atoms with Crippen LogP contribution in [0.25, 0.3) is 0 Å². The van der Waals surface area contributed by atoms with Crippen LogP contribution in [0.5, 0.6) is 0 Å². The van der Waals surface area contributed by atoms with Crippen molar-refractivity contribution in [2.45, 2.75) is 63.6 Å². The van der Waals surface area contributed by atoms with Crippen molar-refractivity contribution in [1.82, 2.24) is 10.2 Å². The third kappa shape index (κ3) is 3.98. The van der Waals surface area contributed by atoms with E-state index in [1.165, 1.54) is 45.1 Å². The van der Waals surface area contributed by atoms with Crippen molar-refractivity contribution in [3.63, 3.8) is 0 Å². The Bertz CT molecular complexity index is 311. The van der Waals surface area contributed by atoms with Crippen LogP contribution in [-0.4, -0.2) is 62.5 Å². The molecule has 0 radical (unpaired) electrons. The maximum absolute atomic E-state index is 6.00. The van der Waals surface area contributed by atoms with E-state index < -0.39 is 0 Å². The highest BCUT2D eigenvalue weighted by atomic mass is 16.5. The summed E-state index contributed by atoms with van der Waals surface area (Å²) < 4.78 is 11.8. The Morgan fingerprint density at radius 1 is 1.14 bits per heavy atom. The zero-order chi connectivity index (χ0) is 14.5. The largest absolute Gasteiger partial charge is 0.381 e. The van der Waals surface area contributed by atoms with Gasteiger partial charge in [0.05, 0.1) is 19.3 Å². The maximum Gasteiger partial charge on any atom is 0.0730 e. The number of morpholine rings is 1. The second-order valence-electron chi connectivity index (χ2n) is 6.94. The van der Waals surface area contributed by atoms with Gasteiger partial charge in [-0.1, -0.05) is 19.8 Å². The Balaban J connectivity index is 1.57. The van der Waals surface area contributed by atoms with E-state index >= 15 is 0 Å². The van der Waals surface area contributed by atoms with Gasteiger partial charge in [0, 0.05) is 37.7 Å². The number of ether oxygens (including phenoxy) is 2. The molecule has 2 heterocycles. The number of nitrogens with zero attached hydrogens (tertiary/aromatic N) is 1. The van der Waals surface area contributed by atoms with Gasteiger partial charge in [-0.25, -0.2) is 0 Å². The second kappa shape index (κ2) is 7.91. The first-order chi connectivity index (χ1) is 10.4. The third-order valence-electron chi connectivity index (χ3n) is 5.45. The zero-order valence-corrected chi connectivity index (χ0v) is 13.6. The first-order valence-corrected chi connectivity index (χ1v) is 9.05.